The average molecular weight is 484 g/mol. The van der Waals surface area contributed by atoms with Crippen LogP contribution >= 0.6 is 0 Å². The molecule has 1 amide bonds. The summed E-state index contributed by atoms with van der Waals surface area (Å²) in [7, 11) is 0. The van der Waals surface area contributed by atoms with Gasteiger partial charge < -0.3 is 10.3 Å². The molecule has 0 atom stereocenters. The van der Waals surface area contributed by atoms with E-state index in [9.17, 15) is 9.59 Å². The Morgan fingerprint density at radius 3 is 2.64 bits per heavy atom. The Labute approximate surface area is 211 Å². The van der Waals surface area contributed by atoms with Crippen LogP contribution in [0.4, 0.5) is 0 Å². The molecule has 186 valence electrons. The monoisotopic (exact) mass is 483 g/mol. The molecule has 36 heavy (non-hydrogen) atoms. The predicted octanol–water partition coefficient (Wildman–Crippen LogP) is 5.40. The largest absolute Gasteiger partial charge is 0.348 e. The van der Waals surface area contributed by atoms with Crippen molar-refractivity contribution < 1.29 is 4.79 Å². The maximum Gasteiger partial charge on any atom is 0.253 e. The standard InChI is InChI=1S/C29H33N5O2/c1-4-7-20-12-19(3)33-29(36)25(20)16-31-28(35)24-13-22(21-11-10-18(2)30-15-21)14-27-26(24)17-32-34(27)23-8-5-6-9-23/h10-15,17,23H,4-9,16H2,1-3H3,(H,31,35)(H,33,36). The summed E-state index contributed by atoms with van der Waals surface area (Å²) >= 11 is 0. The summed E-state index contributed by atoms with van der Waals surface area (Å²) in [5.41, 5.74) is 6.65. The highest BCUT2D eigenvalue weighted by atomic mass is 16.1. The molecule has 3 heterocycles. The van der Waals surface area contributed by atoms with Crippen LogP contribution in [-0.4, -0.2) is 25.7 Å². The molecule has 7 heteroatoms. The molecular weight excluding hydrogens is 450 g/mol. The van der Waals surface area contributed by atoms with Gasteiger partial charge in [0, 0.05) is 40.6 Å². The van der Waals surface area contributed by atoms with Crippen LogP contribution in [0, 0.1) is 13.8 Å². The summed E-state index contributed by atoms with van der Waals surface area (Å²) in [6, 6.07) is 10.4. The second-order valence-corrected chi connectivity index (χ2v) is 9.89. The minimum Gasteiger partial charge on any atom is -0.348 e. The SMILES string of the molecule is CCCc1cc(C)[nH]c(=O)c1CNC(=O)c1cc(-c2ccc(C)nc2)cc2c1cnn2C1CCCC1. The van der Waals surface area contributed by atoms with E-state index in [0.29, 0.717) is 17.2 Å². The normalized spacial score (nSPS) is 14.0. The van der Waals surface area contributed by atoms with Gasteiger partial charge in [-0.3, -0.25) is 19.3 Å². The van der Waals surface area contributed by atoms with Crippen LogP contribution in [-0.2, 0) is 13.0 Å². The van der Waals surface area contributed by atoms with Crippen LogP contribution in [0.5, 0.6) is 0 Å². The Kier molecular flexibility index (Phi) is 6.72. The van der Waals surface area contributed by atoms with Crippen molar-refractivity contribution in [3.63, 3.8) is 0 Å². The van der Waals surface area contributed by atoms with Crippen molar-refractivity contribution in [2.24, 2.45) is 0 Å². The Morgan fingerprint density at radius 1 is 1.11 bits per heavy atom. The highest BCUT2D eigenvalue weighted by Crippen LogP contribution is 2.34. The topological polar surface area (TPSA) is 92.7 Å². The van der Waals surface area contributed by atoms with Crippen molar-refractivity contribution in [1.29, 1.82) is 0 Å². The quantitative estimate of drug-likeness (QED) is 0.368. The second-order valence-electron chi connectivity index (χ2n) is 9.89. The van der Waals surface area contributed by atoms with E-state index in [-0.39, 0.29) is 18.0 Å². The van der Waals surface area contributed by atoms with Crippen LogP contribution in [0.25, 0.3) is 22.0 Å². The Morgan fingerprint density at radius 2 is 1.92 bits per heavy atom. The first-order valence-corrected chi connectivity index (χ1v) is 12.9. The third-order valence-electron chi connectivity index (χ3n) is 7.18. The zero-order valence-electron chi connectivity index (χ0n) is 21.2. The molecule has 1 aromatic carbocycles. The molecule has 1 aliphatic carbocycles. The fraction of sp³-hybridized carbons (Fsp3) is 0.379. The second kappa shape index (κ2) is 10.1. The van der Waals surface area contributed by atoms with E-state index in [1.807, 2.05) is 44.3 Å². The van der Waals surface area contributed by atoms with Crippen LogP contribution in [0.1, 0.15) is 77.9 Å². The Balaban J connectivity index is 1.54. The van der Waals surface area contributed by atoms with Crippen molar-refractivity contribution >= 4 is 16.8 Å². The number of hydrogen-bond acceptors (Lipinski definition) is 4. The first-order valence-electron chi connectivity index (χ1n) is 12.9. The van der Waals surface area contributed by atoms with E-state index >= 15 is 0 Å². The van der Waals surface area contributed by atoms with Gasteiger partial charge in [0.25, 0.3) is 11.5 Å². The van der Waals surface area contributed by atoms with Crippen molar-refractivity contribution in [2.45, 2.75) is 71.9 Å². The van der Waals surface area contributed by atoms with Gasteiger partial charge in [0.1, 0.15) is 0 Å². The molecule has 0 radical (unpaired) electrons. The van der Waals surface area contributed by atoms with Crippen molar-refractivity contribution in [3.8, 4) is 11.1 Å². The van der Waals surface area contributed by atoms with Gasteiger partial charge in [-0.2, -0.15) is 5.10 Å². The molecule has 3 aromatic heterocycles. The minimum atomic E-state index is -0.213. The number of H-pyrrole nitrogens is 1. The third kappa shape index (κ3) is 4.70. The van der Waals surface area contributed by atoms with E-state index in [1.165, 1.54) is 12.8 Å². The molecule has 4 aromatic rings. The molecular formula is C29H33N5O2. The maximum absolute atomic E-state index is 13.6. The van der Waals surface area contributed by atoms with Gasteiger partial charge >= 0.3 is 0 Å². The number of aromatic nitrogens is 4. The first kappa shape index (κ1) is 24.0. The molecule has 1 aliphatic rings. The van der Waals surface area contributed by atoms with Crippen LogP contribution in [0.2, 0.25) is 0 Å². The summed E-state index contributed by atoms with van der Waals surface area (Å²) in [6.45, 7) is 6.11. The lowest BCUT2D eigenvalue weighted by Crippen LogP contribution is -2.28. The number of amides is 1. The maximum atomic E-state index is 13.6. The van der Waals surface area contributed by atoms with Crippen molar-refractivity contribution in [2.75, 3.05) is 0 Å². The summed E-state index contributed by atoms with van der Waals surface area (Å²) in [5.74, 6) is -0.213. The van der Waals surface area contributed by atoms with Gasteiger partial charge in [-0.1, -0.05) is 32.3 Å². The molecule has 0 unspecified atom stereocenters. The summed E-state index contributed by atoms with van der Waals surface area (Å²) in [5, 5.41) is 8.57. The zero-order chi connectivity index (χ0) is 25.2. The lowest BCUT2D eigenvalue weighted by atomic mass is 10.00. The fourth-order valence-electron chi connectivity index (χ4n) is 5.31. The minimum absolute atomic E-state index is 0.141. The number of carbonyl (C=O) groups is 1. The van der Waals surface area contributed by atoms with Crippen LogP contribution in [0.3, 0.4) is 0 Å². The Bertz CT molecular complexity index is 1460. The molecule has 0 bridgehead atoms. The number of aromatic amines is 1. The van der Waals surface area contributed by atoms with Gasteiger partial charge in [0.2, 0.25) is 0 Å². The lowest BCUT2D eigenvalue weighted by Gasteiger charge is -2.14. The highest BCUT2D eigenvalue weighted by molar-refractivity contribution is 6.08. The molecule has 1 fully saturated rings. The van der Waals surface area contributed by atoms with Gasteiger partial charge in [-0.25, -0.2) is 0 Å². The Hall–Kier alpha value is -3.74. The van der Waals surface area contributed by atoms with Crippen molar-refractivity contribution in [3.05, 3.63) is 81.2 Å². The third-order valence-corrected chi connectivity index (χ3v) is 7.18. The fourth-order valence-corrected chi connectivity index (χ4v) is 5.31. The zero-order valence-corrected chi connectivity index (χ0v) is 21.2. The van der Waals surface area contributed by atoms with E-state index in [4.69, 9.17) is 5.10 Å². The number of nitrogens with zero attached hydrogens (tertiary/aromatic N) is 3. The average Bonchev–Trinajstić information content (AvgIpc) is 3.53. The summed E-state index contributed by atoms with van der Waals surface area (Å²) in [6.07, 6.45) is 9.98. The van der Waals surface area contributed by atoms with Crippen LogP contribution in [0.15, 0.2) is 47.5 Å². The van der Waals surface area contributed by atoms with E-state index < -0.39 is 0 Å². The van der Waals surface area contributed by atoms with E-state index in [2.05, 4.69) is 33.0 Å². The highest BCUT2D eigenvalue weighted by Gasteiger charge is 2.23. The smallest absolute Gasteiger partial charge is 0.253 e. The number of benzene rings is 1. The van der Waals surface area contributed by atoms with E-state index in [0.717, 1.165) is 64.7 Å². The molecule has 1 saturated carbocycles. The number of nitrogens with one attached hydrogen (secondary N) is 2. The molecule has 7 nitrogen and oxygen atoms in total. The first-order chi connectivity index (χ1) is 17.4. The van der Waals surface area contributed by atoms with Gasteiger partial charge in [0.15, 0.2) is 0 Å². The number of pyridine rings is 2. The molecule has 2 N–H and O–H groups in total. The van der Waals surface area contributed by atoms with Gasteiger partial charge in [-0.15, -0.1) is 0 Å². The van der Waals surface area contributed by atoms with E-state index in [1.54, 1.807) is 6.20 Å². The van der Waals surface area contributed by atoms with Crippen molar-refractivity contribution in [1.82, 2.24) is 25.1 Å². The number of fused-ring (bicyclic) bond motifs is 1. The predicted molar refractivity (Wildman–Crippen MR) is 142 cm³/mol. The molecule has 5 rings (SSSR count). The van der Waals surface area contributed by atoms with Gasteiger partial charge in [-0.05, 0) is 68.5 Å². The number of carbonyl (C=O) groups excluding carboxylic acids is 1. The molecule has 0 saturated heterocycles. The summed E-state index contributed by atoms with van der Waals surface area (Å²) in [4.78, 5) is 33.6. The number of rotatable bonds is 7. The number of hydrogen-bond donors (Lipinski definition) is 2. The number of aryl methyl sites for hydroxylation is 3. The summed E-state index contributed by atoms with van der Waals surface area (Å²) < 4.78 is 2.09. The van der Waals surface area contributed by atoms with Crippen LogP contribution < -0.4 is 10.9 Å². The molecule has 0 spiro atoms. The lowest BCUT2D eigenvalue weighted by molar-refractivity contribution is 0.0952. The molecule has 0 aliphatic heterocycles. The van der Waals surface area contributed by atoms with Gasteiger partial charge in [0.05, 0.1) is 23.3 Å².